The Balaban J connectivity index is 1.34. The second kappa shape index (κ2) is 9.77. The van der Waals surface area contributed by atoms with E-state index in [1.54, 1.807) is 17.4 Å². The molecule has 3 heterocycles. The third-order valence-electron chi connectivity index (χ3n) is 4.35. The van der Waals surface area contributed by atoms with Crippen molar-refractivity contribution in [3.8, 4) is 16.5 Å². The lowest BCUT2D eigenvalue weighted by Gasteiger charge is -2.09. The average molecular weight is 433 g/mol. The number of amides is 1. The number of rotatable bonds is 8. The van der Waals surface area contributed by atoms with Crippen LogP contribution in [-0.2, 0) is 13.2 Å². The molecule has 0 saturated carbocycles. The van der Waals surface area contributed by atoms with Gasteiger partial charge in [0.15, 0.2) is 0 Å². The number of benzene rings is 1. The molecule has 0 bridgehead atoms. The van der Waals surface area contributed by atoms with Gasteiger partial charge >= 0.3 is 0 Å². The van der Waals surface area contributed by atoms with Crippen LogP contribution in [0.25, 0.3) is 10.6 Å². The first-order valence-electron chi connectivity index (χ1n) is 9.58. The van der Waals surface area contributed by atoms with E-state index in [9.17, 15) is 9.59 Å². The van der Waals surface area contributed by atoms with Gasteiger partial charge in [0.1, 0.15) is 24.3 Å². The average Bonchev–Trinajstić information content (AvgIpc) is 3.35. The van der Waals surface area contributed by atoms with E-state index in [4.69, 9.17) is 4.74 Å². The highest BCUT2D eigenvalue weighted by atomic mass is 32.1. The quantitative estimate of drug-likeness (QED) is 0.459. The Labute approximate surface area is 182 Å². The topological polar surface area (TPSA) is 99.0 Å². The van der Waals surface area contributed by atoms with Crippen molar-refractivity contribution < 1.29 is 9.53 Å². The van der Waals surface area contributed by atoms with Gasteiger partial charge in [0.05, 0.1) is 11.4 Å². The highest BCUT2D eigenvalue weighted by Crippen LogP contribution is 2.21. The van der Waals surface area contributed by atoms with Crippen LogP contribution < -0.4 is 15.6 Å². The van der Waals surface area contributed by atoms with Crippen LogP contribution in [0.15, 0.2) is 77.2 Å². The molecule has 0 atom stereocenters. The Morgan fingerprint density at radius 3 is 2.74 bits per heavy atom. The first kappa shape index (κ1) is 20.4. The van der Waals surface area contributed by atoms with Gasteiger partial charge in [0.25, 0.3) is 11.5 Å². The third kappa shape index (κ3) is 5.40. The molecule has 0 unspecified atom stereocenters. The fourth-order valence-corrected chi connectivity index (χ4v) is 3.50. The molecule has 0 fully saturated rings. The van der Waals surface area contributed by atoms with Crippen LogP contribution in [0.3, 0.4) is 0 Å². The Morgan fingerprint density at radius 1 is 1.06 bits per heavy atom. The van der Waals surface area contributed by atoms with Crippen molar-refractivity contribution >= 4 is 17.2 Å². The summed E-state index contributed by atoms with van der Waals surface area (Å²) >= 11 is 1.55. The summed E-state index contributed by atoms with van der Waals surface area (Å²) in [4.78, 5) is 33.5. The number of hydrogen-bond acceptors (Lipinski definition) is 7. The molecular formula is C22H19N5O3S. The summed E-state index contributed by atoms with van der Waals surface area (Å²) in [5, 5.41) is 9.07. The van der Waals surface area contributed by atoms with E-state index in [0.717, 1.165) is 16.1 Å². The molecule has 1 N–H and O–H groups in total. The van der Waals surface area contributed by atoms with E-state index in [1.807, 2.05) is 47.8 Å². The maximum atomic E-state index is 12.4. The predicted octanol–water partition coefficient (Wildman–Crippen LogP) is 2.77. The minimum absolute atomic E-state index is 0.186. The molecule has 1 aromatic carbocycles. The van der Waals surface area contributed by atoms with E-state index in [2.05, 4.69) is 20.4 Å². The lowest BCUT2D eigenvalue weighted by atomic mass is 10.2. The fourth-order valence-electron chi connectivity index (χ4n) is 2.80. The van der Waals surface area contributed by atoms with E-state index in [-0.39, 0.29) is 30.2 Å². The maximum absolute atomic E-state index is 12.4. The minimum Gasteiger partial charge on any atom is -0.473 e. The second-order valence-corrected chi connectivity index (χ2v) is 7.48. The zero-order valence-corrected chi connectivity index (χ0v) is 17.3. The maximum Gasteiger partial charge on any atom is 0.270 e. The van der Waals surface area contributed by atoms with Crippen LogP contribution in [0.5, 0.6) is 5.88 Å². The number of hydrogen-bond donors (Lipinski definition) is 1. The normalized spacial score (nSPS) is 10.6. The van der Waals surface area contributed by atoms with Crippen LogP contribution in [0.4, 0.5) is 0 Å². The second-order valence-electron chi connectivity index (χ2n) is 6.53. The van der Waals surface area contributed by atoms with Crippen LogP contribution in [0.1, 0.15) is 16.1 Å². The number of nitrogens with one attached hydrogen (secondary N) is 1. The lowest BCUT2D eigenvalue weighted by Crippen LogP contribution is -2.32. The number of carbonyl (C=O) groups excluding carboxylic acids is 1. The summed E-state index contributed by atoms with van der Waals surface area (Å²) in [7, 11) is 0. The van der Waals surface area contributed by atoms with Gasteiger partial charge < -0.3 is 10.1 Å². The van der Waals surface area contributed by atoms with Crippen molar-refractivity contribution in [2.24, 2.45) is 0 Å². The van der Waals surface area contributed by atoms with Gasteiger partial charge in [-0.25, -0.2) is 14.6 Å². The molecule has 0 aliphatic rings. The molecule has 0 spiro atoms. The van der Waals surface area contributed by atoms with E-state index in [1.165, 1.54) is 23.1 Å². The van der Waals surface area contributed by atoms with Crippen molar-refractivity contribution in [3.05, 3.63) is 94.0 Å². The van der Waals surface area contributed by atoms with Crippen molar-refractivity contribution in [1.29, 1.82) is 0 Å². The van der Waals surface area contributed by atoms with Crippen molar-refractivity contribution in [3.63, 3.8) is 0 Å². The molecule has 31 heavy (non-hydrogen) atoms. The summed E-state index contributed by atoms with van der Waals surface area (Å²) < 4.78 is 6.97. The van der Waals surface area contributed by atoms with Crippen molar-refractivity contribution in [2.75, 3.05) is 6.54 Å². The molecule has 0 saturated heterocycles. The molecule has 0 aliphatic carbocycles. The summed E-state index contributed by atoms with van der Waals surface area (Å²) in [6, 6.07) is 18.2. The Morgan fingerprint density at radius 2 is 1.94 bits per heavy atom. The van der Waals surface area contributed by atoms with Gasteiger partial charge in [-0.15, -0.1) is 11.3 Å². The highest BCUT2D eigenvalue weighted by Gasteiger charge is 2.10. The van der Waals surface area contributed by atoms with Crippen LogP contribution in [-0.4, -0.2) is 32.2 Å². The monoisotopic (exact) mass is 433 g/mol. The first-order valence-corrected chi connectivity index (χ1v) is 10.5. The third-order valence-corrected chi connectivity index (χ3v) is 5.25. The number of nitrogens with zero attached hydrogens (tertiary/aromatic N) is 4. The molecule has 1 amide bonds. The molecule has 0 aliphatic heterocycles. The van der Waals surface area contributed by atoms with Gasteiger partial charge in [-0.05, 0) is 23.1 Å². The van der Waals surface area contributed by atoms with E-state index < -0.39 is 0 Å². The Hall–Kier alpha value is -3.85. The van der Waals surface area contributed by atoms with Crippen LogP contribution in [0.2, 0.25) is 0 Å². The van der Waals surface area contributed by atoms with Crippen LogP contribution >= 0.6 is 11.3 Å². The molecule has 4 rings (SSSR count). The fraction of sp³-hybridized carbons (Fsp3) is 0.136. The van der Waals surface area contributed by atoms with Gasteiger partial charge in [0.2, 0.25) is 5.88 Å². The van der Waals surface area contributed by atoms with Gasteiger partial charge in [-0.1, -0.05) is 36.4 Å². The summed E-state index contributed by atoms with van der Waals surface area (Å²) in [6.45, 7) is 0.810. The van der Waals surface area contributed by atoms with Crippen molar-refractivity contribution in [2.45, 2.75) is 13.2 Å². The predicted molar refractivity (Wildman–Crippen MR) is 117 cm³/mol. The zero-order valence-electron chi connectivity index (χ0n) is 16.5. The Kier molecular flexibility index (Phi) is 6.44. The number of thiophene rings is 1. The van der Waals surface area contributed by atoms with Crippen LogP contribution in [0, 0.1) is 0 Å². The van der Waals surface area contributed by atoms with Gasteiger partial charge in [0, 0.05) is 18.7 Å². The molecule has 9 heteroatoms. The summed E-state index contributed by atoms with van der Waals surface area (Å²) in [5.74, 6) is -0.0695. The smallest absolute Gasteiger partial charge is 0.270 e. The lowest BCUT2D eigenvalue weighted by molar-refractivity contribution is 0.0946. The van der Waals surface area contributed by atoms with Crippen molar-refractivity contribution in [1.82, 2.24) is 25.1 Å². The Bertz CT molecular complexity index is 1210. The number of aromatic nitrogens is 4. The first-order chi connectivity index (χ1) is 15.2. The molecule has 0 radical (unpaired) electrons. The standard InChI is InChI=1S/C22H19N5O3S/c28-21-9-8-17(19-7-4-12-31-19)26-27(21)11-10-23-22(29)18-13-20(25-15-24-18)30-14-16-5-2-1-3-6-16/h1-9,12-13,15H,10-11,14H2,(H,23,29). The number of carbonyl (C=O) groups is 1. The molecule has 156 valence electrons. The molecule has 8 nitrogen and oxygen atoms in total. The largest absolute Gasteiger partial charge is 0.473 e. The zero-order chi connectivity index (χ0) is 21.5. The summed E-state index contributed by atoms with van der Waals surface area (Å²) in [5.41, 5.74) is 1.67. The van der Waals surface area contributed by atoms with Gasteiger partial charge in [-0.2, -0.15) is 5.10 Å². The highest BCUT2D eigenvalue weighted by molar-refractivity contribution is 7.13. The minimum atomic E-state index is -0.380. The SMILES string of the molecule is O=C(NCCn1nc(-c2cccs2)ccc1=O)c1cc(OCc2ccccc2)ncn1. The van der Waals surface area contributed by atoms with E-state index in [0.29, 0.717) is 12.5 Å². The van der Waals surface area contributed by atoms with E-state index >= 15 is 0 Å². The molecule has 4 aromatic rings. The molecular weight excluding hydrogens is 414 g/mol. The molecule has 3 aromatic heterocycles. The van der Waals surface area contributed by atoms with Gasteiger partial charge in [-0.3, -0.25) is 9.59 Å². The number of ether oxygens (including phenoxy) is 1. The summed E-state index contributed by atoms with van der Waals surface area (Å²) in [6.07, 6.45) is 1.28.